The number of ether oxygens (including phenoxy) is 1. The van der Waals surface area contributed by atoms with Crippen molar-refractivity contribution in [2.75, 3.05) is 20.2 Å². The lowest BCUT2D eigenvalue weighted by molar-refractivity contribution is -0.131. The Kier molecular flexibility index (Phi) is 7.95. The normalized spacial score (nSPS) is 19.7. The van der Waals surface area contributed by atoms with Crippen molar-refractivity contribution in [3.63, 3.8) is 0 Å². The van der Waals surface area contributed by atoms with E-state index in [2.05, 4.69) is 19.2 Å². The molecule has 0 aliphatic heterocycles. The van der Waals surface area contributed by atoms with E-state index in [0.29, 0.717) is 18.2 Å². The van der Waals surface area contributed by atoms with Crippen molar-refractivity contribution in [3.8, 4) is 5.75 Å². The summed E-state index contributed by atoms with van der Waals surface area (Å²) in [4.78, 5) is 26.4. The van der Waals surface area contributed by atoms with Gasteiger partial charge in [0.2, 0.25) is 5.91 Å². The molecule has 0 unspecified atom stereocenters. The maximum Gasteiger partial charge on any atom is 0.251 e. The molecule has 0 aromatic heterocycles. The minimum Gasteiger partial charge on any atom is -0.494 e. The Morgan fingerprint density at radius 3 is 2.42 bits per heavy atom. The van der Waals surface area contributed by atoms with Crippen LogP contribution in [0, 0.1) is 5.92 Å². The van der Waals surface area contributed by atoms with Crippen molar-refractivity contribution < 1.29 is 14.3 Å². The third kappa shape index (κ3) is 6.04. The monoisotopic (exact) mass is 360 g/mol. The lowest BCUT2D eigenvalue weighted by Gasteiger charge is -2.33. The van der Waals surface area contributed by atoms with Gasteiger partial charge in [0, 0.05) is 18.7 Å². The van der Waals surface area contributed by atoms with E-state index >= 15 is 0 Å². The molecule has 1 aromatic carbocycles. The van der Waals surface area contributed by atoms with Crippen LogP contribution >= 0.6 is 0 Å². The largest absolute Gasteiger partial charge is 0.494 e. The number of rotatable bonds is 8. The molecular weight excluding hydrogens is 328 g/mol. The number of hydrogen-bond acceptors (Lipinski definition) is 3. The molecule has 1 saturated carbocycles. The van der Waals surface area contributed by atoms with E-state index in [-0.39, 0.29) is 18.4 Å². The van der Waals surface area contributed by atoms with Crippen molar-refractivity contribution in [3.05, 3.63) is 29.8 Å². The first-order valence-electron chi connectivity index (χ1n) is 9.78. The summed E-state index contributed by atoms with van der Waals surface area (Å²) in [5.74, 6) is 1.25. The van der Waals surface area contributed by atoms with Gasteiger partial charge in [0.1, 0.15) is 5.75 Å². The Morgan fingerprint density at radius 2 is 1.81 bits per heavy atom. The molecule has 0 saturated heterocycles. The van der Waals surface area contributed by atoms with E-state index in [4.69, 9.17) is 4.74 Å². The van der Waals surface area contributed by atoms with E-state index in [1.54, 1.807) is 29.2 Å². The average Bonchev–Trinajstić information content (AvgIpc) is 2.66. The van der Waals surface area contributed by atoms with Gasteiger partial charge in [-0.3, -0.25) is 9.59 Å². The Balaban J connectivity index is 1.77. The maximum atomic E-state index is 12.4. The van der Waals surface area contributed by atoms with Gasteiger partial charge in [-0.15, -0.1) is 0 Å². The van der Waals surface area contributed by atoms with Crippen LogP contribution < -0.4 is 10.1 Å². The highest BCUT2D eigenvalue weighted by atomic mass is 16.5. The predicted octanol–water partition coefficient (Wildman–Crippen LogP) is 3.63. The summed E-state index contributed by atoms with van der Waals surface area (Å²) in [6.07, 6.45) is 6.54. The van der Waals surface area contributed by atoms with E-state index in [1.165, 1.54) is 12.8 Å². The molecule has 1 N–H and O–H groups in total. The minimum atomic E-state index is -0.232. The molecule has 1 aromatic rings. The molecule has 1 aliphatic carbocycles. The molecule has 1 fully saturated rings. The number of hydrogen-bond donors (Lipinski definition) is 1. The molecule has 0 heterocycles. The van der Waals surface area contributed by atoms with E-state index < -0.39 is 0 Å². The Labute approximate surface area is 157 Å². The van der Waals surface area contributed by atoms with Crippen LogP contribution in [0.1, 0.15) is 62.7 Å². The maximum absolute atomic E-state index is 12.4. The third-order valence-corrected chi connectivity index (χ3v) is 5.21. The molecule has 0 atom stereocenters. The Hall–Kier alpha value is -2.04. The lowest BCUT2D eigenvalue weighted by atomic mass is 9.87. The van der Waals surface area contributed by atoms with Gasteiger partial charge >= 0.3 is 0 Å². The van der Waals surface area contributed by atoms with Crippen LogP contribution in [-0.4, -0.2) is 43.0 Å². The van der Waals surface area contributed by atoms with Crippen molar-refractivity contribution in [1.29, 1.82) is 0 Å². The molecule has 26 heavy (non-hydrogen) atoms. The second kappa shape index (κ2) is 10.2. The van der Waals surface area contributed by atoms with Crippen LogP contribution in [0.25, 0.3) is 0 Å². The van der Waals surface area contributed by atoms with Crippen molar-refractivity contribution >= 4 is 11.8 Å². The number of unbranched alkanes of at least 4 members (excludes halogenated alkanes) is 1. The van der Waals surface area contributed by atoms with E-state index in [1.807, 2.05) is 7.05 Å². The predicted molar refractivity (Wildman–Crippen MR) is 103 cm³/mol. The third-order valence-electron chi connectivity index (χ3n) is 5.21. The first kappa shape index (κ1) is 20.3. The second-order valence-electron chi connectivity index (χ2n) is 7.33. The van der Waals surface area contributed by atoms with Gasteiger partial charge in [0.25, 0.3) is 5.91 Å². The summed E-state index contributed by atoms with van der Waals surface area (Å²) in [5, 5.41) is 2.73. The Bertz CT molecular complexity index is 577. The number of nitrogens with one attached hydrogen (secondary N) is 1. The number of amides is 2. The molecule has 0 radical (unpaired) electrons. The Morgan fingerprint density at radius 1 is 1.15 bits per heavy atom. The first-order chi connectivity index (χ1) is 12.5. The molecule has 1 aliphatic rings. The number of benzene rings is 1. The zero-order valence-corrected chi connectivity index (χ0v) is 16.3. The number of nitrogens with zero attached hydrogens (tertiary/aromatic N) is 1. The quantitative estimate of drug-likeness (QED) is 0.720. The highest BCUT2D eigenvalue weighted by molar-refractivity contribution is 5.96. The second-order valence-corrected chi connectivity index (χ2v) is 7.33. The van der Waals surface area contributed by atoms with Gasteiger partial charge in [-0.25, -0.2) is 0 Å². The summed E-state index contributed by atoms with van der Waals surface area (Å²) >= 11 is 0. The molecular formula is C21H32N2O3. The van der Waals surface area contributed by atoms with Gasteiger partial charge in [0.05, 0.1) is 13.2 Å². The number of carbonyl (C=O) groups excluding carboxylic acids is 2. The average molecular weight is 360 g/mol. The molecule has 2 rings (SSSR count). The molecule has 2 amide bonds. The van der Waals surface area contributed by atoms with Crippen LogP contribution in [-0.2, 0) is 4.79 Å². The minimum absolute atomic E-state index is 0.0302. The smallest absolute Gasteiger partial charge is 0.251 e. The summed E-state index contributed by atoms with van der Waals surface area (Å²) in [5.41, 5.74) is 0.537. The summed E-state index contributed by atoms with van der Waals surface area (Å²) in [7, 11) is 1.84. The molecule has 144 valence electrons. The standard InChI is InChI=1S/C21H32N2O3/c1-4-5-14-26-19-12-8-17(9-13-19)21(25)22-15-20(24)23(3)18-10-6-16(2)7-11-18/h8-9,12-13,16,18H,4-7,10-11,14-15H2,1-3H3,(H,22,25). The number of likely N-dealkylation sites (N-methyl/N-ethyl adjacent to an activating group) is 1. The van der Waals surface area contributed by atoms with Crippen LogP contribution in [0.3, 0.4) is 0 Å². The summed E-state index contributed by atoms with van der Waals surface area (Å²) in [6.45, 7) is 5.10. The molecule has 0 spiro atoms. The zero-order valence-electron chi connectivity index (χ0n) is 16.3. The fourth-order valence-electron chi connectivity index (χ4n) is 3.25. The van der Waals surface area contributed by atoms with Gasteiger partial charge in [-0.2, -0.15) is 0 Å². The topological polar surface area (TPSA) is 58.6 Å². The lowest BCUT2D eigenvalue weighted by Crippen LogP contribution is -2.44. The van der Waals surface area contributed by atoms with Crippen LogP contribution in [0.15, 0.2) is 24.3 Å². The summed E-state index contributed by atoms with van der Waals surface area (Å²) in [6, 6.07) is 7.35. The van der Waals surface area contributed by atoms with E-state index in [9.17, 15) is 9.59 Å². The first-order valence-corrected chi connectivity index (χ1v) is 9.78. The van der Waals surface area contributed by atoms with E-state index in [0.717, 1.165) is 37.4 Å². The van der Waals surface area contributed by atoms with Crippen molar-refractivity contribution in [1.82, 2.24) is 10.2 Å². The molecule has 5 heteroatoms. The SMILES string of the molecule is CCCCOc1ccc(C(=O)NCC(=O)N(C)C2CCC(C)CC2)cc1. The van der Waals surface area contributed by atoms with Crippen molar-refractivity contribution in [2.24, 2.45) is 5.92 Å². The van der Waals surface area contributed by atoms with Gasteiger partial charge < -0.3 is 15.0 Å². The van der Waals surface area contributed by atoms with Gasteiger partial charge in [-0.1, -0.05) is 20.3 Å². The van der Waals surface area contributed by atoms with Crippen LogP contribution in [0.5, 0.6) is 5.75 Å². The number of carbonyl (C=O) groups is 2. The van der Waals surface area contributed by atoms with Gasteiger partial charge in [-0.05, 0) is 62.3 Å². The molecule has 5 nitrogen and oxygen atoms in total. The molecule has 0 bridgehead atoms. The fourth-order valence-corrected chi connectivity index (χ4v) is 3.25. The van der Waals surface area contributed by atoms with Crippen LogP contribution in [0.4, 0.5) is 0 Å². The van der Waals surface area contributed by atoms with Gasteiger partial charge in [0.15, 0.2) is 0 Å². The zero-order chi connectivity index (χ0) is 18.9. The van der Waals surface area contributed by atoms with Crippen molar-refractivity contribution in [2.45, 2.75) is 58.4 Å². The summed E-state index contributed by atoms with van der Waals surface area (Å²) < 4.78 is 5.59. The highest BCUT2D eigenvalue weighted by Gasteiger charge is 2.24. The highest BCUT2D eigenvalue weighted by Crippen LogP contribution is 2.26. The van der Waals surface area contributed by atoms with Crippen LogP contribution in [0.2, 0.25) is 0 Å². The fraction of sp³-hybridized carbons (Fsp3) is 0.619.